The van der Waals surface area contributed by atoms with Crippen LogP contribution in [0.15, 0.2) is 10.8 Å². The summed E-state index contributed by atoms with van der Waals surface area (Å²) in [6.45, 7) is 3.30. The molecule has 6 heteroatoms. The van der Waals surface area contributed by atoms with Gasteiger partial charge in [0.15, 0.2) is 5.69 Å². The van der Waals surface area contributed by atoms with Crippen LogP contribution in [0.5, 0.6) is 0 Å². The van der Waals surface area contributed by atoms with Gasteiger partial charge in [-0.1, -0.05) is 5.16 Å². The summed E-state index contributed by atoms with van der Waals surface area (Å²) in [5, 5.41) is 14.5. The minimum Gasteiger partial charge on any atom is -0.481 e. The summed E-state index contributed by atoms with van der Waals surface area (Å²) in [6, 6.07) is -0.439. The van der Waals surface area contributed by atoms with Crippen LogP contribution in [0.25, 0.3) is 0 Å². The Kier molecular flexibility index (Phi) is 3.43. The molecule has 0 radical (unpaired) electrons. The highest BCUT2D eigenvalue weighted by atomic mass is 16.5. The number of carboxylic acid groups (broad SMARTS) is 1. The third-order valence-corrected chi connectivity index (χ3v) is 1.82. The van der Waals surface area contributed by atoms with Gasteiger partial charge in [0, 0.05) is 11.6 Å². The predicted octanol–water partition coefficient (Wildman–Crippen LogP) is 0.576. The first-order valence-electron chi connectivity index (χ1n) is 4.44. The van der Waals surface area contributed by atoms with Crippen molar-refractivity contribution in [2.45, 2.75) is 26.3 Å². The molecule has 0 fully saturated rings. The van der Waals surface area contributed by atoms with Crippen LogP contribution in [0.2, 0.25) is 0 Å². The fraction of sp³-hybridized carbons (Fsp3) is 0.444. The third-order valence-electron chi connectivity index (χ3n) is 1.82. The second kappa shape index (κ2) is 4.59. The van der Waals surface area contributed by atoms with Crippen molar-refractivity contribution in [1.82, 2.24) is 10.5 Å². The molecule has 0 aliphatic rings. The van der Waals surface area contributed by atoms with Crippen molar-refractivity contribution < 1.29 is 19.2 Å². The van der Waals surface area contributed by atoms with Gasteiger partial charge in [-0.15, -0.1) is 0 Å². The maximum absolute atomic E-state index is 11.5. The van der Waals surface area contributed by atoms with E-state index < -0.39 is 17.9 Å². The molecule has 0 bridgehead atoms. The van der Waals surface area contributed by atoms with Gasteiger partial charge in [-0.2, -0.15) is 0 Å². The van der Waals surface area contributed by atoms with Gasteiger partial charge >= 0.3 is 5.97 Å². The monoisotopic (exact) mass is 212 g/mol. The van der Waals surface area contributed by atoms with Gasteiger partial charge in [0.1, 0.15) is 6.26 Å². The van der Waals surface area contributed by atoms with E-state index in [0.717, 1.165) is 0 Å². The quantitative estimate of drug-likeness (QED) is 0.761. The highest BCUT2D eigenvalue weighted by Crippen LogP contribution is 2.04. The lowest BCUT2D eigenvalue weighted by atomic mass is 10.2. The van der Waals surface area contributed by atoms with E-state index in [1.807, 2.05) is 0 Å². The van der Waals surface area contributed by atoms with Crippen molar-refractivity contribution in [3.63, 3.8) is 0 Å². The van der Waals surface area contributed by atoms with Crippen molar-refractivity contribution in [2.75, 3.05) is 0 Å². The van der Waals surface area contributed by atoms with Crippen LogP contribution in [0.3, 0.4) is 0 Å². The maximum Gasteiger partial charge on any atom is 0.305 e. The first-order valence-corrected chi connectivity index (χ1v) is 4.44. The number of nitrogens with zero attached hydrogens (tertiary/aromatic N) is 1. The molecular formula is C9H12N2O4. The number of rotatable bonds is 4. The summed E-state index contributed by atoms with van der Waals surface area (Å²) in [5.74, 6) is -1.38. The minimum absolute atomic E-state index is 0.122. The minimum atomic E-state index is -0.959. The van der Waals surface area contributed by atoms with E-state index in [-0.39, 0.29) is 12.1 Å². The van der Waals surface area contributed by atoms with Crippen LogP contribution < -0.4 is 5.32 Å². The Hall–Kier alpha value is -1.85. The van der Waals surface area contributed by atoms with Crippen molar-refractivity contribution in [3.8, 4) is 0 Å². The fourth-order valence-electron chi connectivity index (χ4n) is 1.11. The summed E-state index contributed by atoms with van der Waals surface area (Å²) in [7, 11) is 0. The van der Waals surface area contributed by atoms with E-state index in [0.29, 0.717) is 5.56 Å². The molecule has 0 aromatic carbocycles. The molecule has 2 N–H and O–H groups in total. The van der Waals surface area contributed by atoms with E-state index in [2.05, 4.69) is 15.0 Å². The van der Waals surface area contributed by atoms with Crippen molar-refractivity contribution in [2.24, 2.45) is 0 Å². The van der Waals surface area contributed by atoms with Gasteiger partial charge in [0.25, 0.3) is 5.91 Å². The molecule has 0 saturated carbocycles. The van der Waals surface area contributed by atoms with Crippen LogP contribution in [0.4, 0.5) is 0 Å². The summed E-state index contributed by atoms with van der Waals surface area (Å²) >= 11 is 0. The van der Waals surface area contributed by atoms with Gasteiger partial charge in [0.2, 0.25) is 0 Å². The van der Waals surface area contributed by atoms with Crippen LogP contribution in [-0.4, -0.2) is 28.2 Å². The summed E-state index contributed by atoms with van der Waals surface area (Å²) in [6.07, 6.45) is 1.24. The predicted molar refractivity (Wildman–Crippen MR) is 50.4 cm³/mol. The molecule has 1 rings (SSSR count). The third kappa shape index (κ3) is 3.08. The molecule has 1 aromatic heterocycles. The van der Waals surface area contributed by atoms with E-state index >= 15 is 0 Å². The average Bonchev–Trinajstić information content (AvgIpc) is 2.49. The van der Waals surface area contributed by atoms with Gasteiger partial charge in [-0.05, 0) is 13.8 Å². The zero-order chi connectivity index (χ0) is 11.4. The van der Waals surface area contributed by atoms with E-state index in [1.54, 1.807) is 13.8 Å². The molecule has 6 nitrogen and oxygen atoms in total. The van der Waals surface area contributed by atoms with Crippen molar-refractivity contribution >= 4 is 11.9 Å². The Morgan fingerprint density at radius 3 is 2.80 bits per heavy atom. The number of carboxylic acids is 1. The summed E-state index contributed by atoms with van der Waals surface area (Å²) in [4.78, 5) is 21.9. The fourth-order valence-corrected chi connectivity index (χ4v) is 1.11. The largest absolute Gasteiger partial charge is 0.481 e. The number of aryl methyl sites for hydroxylation is 1. The molecule has 0 spiro atoms. The molecule has 15 heavy (non-hydrogen) atoms. The standard InChI is InChI=1S/C9H12N2O4/c1-5-4-15-11-8(5)9(14)10-6(2)3-7(12)13/h4,6H,3H2,1-2H3,(H,10,14)(H,12,13). The lowest BCUT2D eigenvalue weighted by molar-refractivity contribution is -0.137. The first-order chi connectivity index (χ1) is 7.00. The van der Waals surface area contributed by atoms with E-state index in [9.17, 15) is 9.59 Å². The number of aliphatic carboxylic acids is 1. The highest BCUT2D eigenvalue weighted by Gasteiger charge is 2.16. The van der Waals surface area contributed by atoms with Crippen LogP contribution >= 0.6 is 0 Å². The smallest absolute Gasteiger partial charge is 0.305 e. The molecule has 1 heterocycles. The van der Waals surface area contributed by atoms with Crippen molar-refractivity contribution in [3.05, 3.63) is 17.5 Å². The summed E-state index contributed by atoms with van der Waals surface area (Å²) in [5.41, 5.74) is 0.808. The number of carbonyl (C=O) groups is 2. The molecule has 1 aromatic rings. The van der Waals surface area contributed by atoms with Crippen LogP contribution in [0, 0.1) is 6.92 Å². The number of hydrogen-bond acceptors (Lipinski definition) is 4. The number of nitrogens with one attached hydrogen (secondary N) is 1. The number of hydrogen-bond donors (Lipinski definition) is 2. The molecule has 1 amide bonds. The second-order valence-corrected chi connectivity index (χ2v) is 3.32. The second-order valence-electron chi connectivity index (χ2n) is 3.32. The number of carbonyl (C=O) groups excluding carboxylic acids is 1. The Morgan fingerprint density at radius 2 is 2.33 bits per heavy atom. The molecule has 0 saturated heterocycles. The van der Waals surface area contributed by atoms with Gasteiger partial charge in [-0.3, -0.25) is 9.59 Å². The van der Waals surface area contributed by atoms with Crippen LogP contribution in [-0.2, 0) is 4.79 Å². The molecule has 1 unspecified atom stereocenters. The van der Waals surface area contributed by atoms with Crippen LogP contribution in [0.1, 0.15) is 29.4 Å². The highest BCUT2D eigenvalue weighted by molar-refractivity contribution is 5.93. The normalized spacial score (nSPS) is 12.1. The number of aromatic nitrogens is 1. The zero-order valence-electron chi connectivity index (χ0n) is 8.48. The van der Waals surface area contributed by atoms with E-state index in [1.165, 1.54) is 6.26 Å². The topological polar surface area (TPSA) is 92.4 Å². The maximum atomic E-state index is 11.5. The molecule has 0 aliphatic heterocycles. The first kappa shape index (κ1) is 11.2. The molecular weight excluding hydrogens is 200 g/mol. The Balaban J connectivity index is 2.56. The van der Waals surface area contributed by atoms with Gasteiger partial charge < -0.3 is 14.9 Å². The Morgan fingerprint density at radius 1 is 1.67 bits per heavy atom. The molecule has 0 aliphatic carbocycles. The lowest BCUT2D eigenvalue weighted by Gasteiger charge is -2.09. The lowest BCUT2D eigenvalue weighted by Crippen LogP contribution is -2.34. The molecule has 1 atom stereocenters. The van der Waals surface area contributed by atoms with Crippen molar-refractivity contribution in [1.29, 1.82) is 0 Å². The van der Waals surface area contributed by atoms with Gasteiger partial charge in [0.05, 0.1) is 6.42 Å². The summed E-state index contributed by atoms with van der Waals surface area (Å²) < 4.78 is 4.60. The zero-order valence-corrected chi connectivity index (χ0v) is 8.48. The molecule has 82 valence electrons. The SMILES string of the molecule is Cc1conc1C(=O)NC(C)CC(=O)O. The Bertz CT molecular complexity index is 372. The Labute approximate surface area is 86.3 Å². The number of amides is 1. The van der Waals surface area contributed by atoms with Gasteiger partial charge in [-0.25, -0.2) is 0 Å². The average molecular weight is 212 g/mol. The van der Waals surface area contributed by atoms with E-state index in [4.69, 9.17) is 5.11 Å².